The third-order valence-corrected chi connectivity index (χ3v) is 7.85. The maximum atomic E-state index is 13.0. The summed E-state index contributed by atoms with van der Waals surface area (Å²) in [5.74, 6) is 1.35. The smallest absolute Gasteiger partial charge is 0.217 e. The SMILES string of the molecule is COc1ccc(C2CN(S(=O)(=O)C3CCCC3)CCN2C)cc1OC. The molecule has 1 aliphatic carbocycles. The van der Waals surface area contributed by atoms with Gasteiger partial charge in [-0.3, -0.25) is 4.90 Å². The molecule has 2 fully saturated rings. The number of hydrogen-bond acceptors (Lipinski definition) is 5. The van der Waals surface area contributed by atoms with E-state index in [1.54, 1.807) is 18.5 Å². The Kier molecular flexibility index (Phi) is 5.55. The first-order valence-corrected chi connectivity index (χ1v) is 10.4. The molecule has 1 aromatic rings. The monoisotopic (exact) mass is 368 g/mol. The van der Waals surface area contributed by atoms with Gasteiger partial charge in [-0.05, 0) is 37.6 Å². The highest BCUT2D eigenvalue weighted by atomic mass is 32.2. The van der Waals surface area contributed by atoms with Crippen LogP contribution in [0.1, 0.15) is 37.3 Å². The van der Waals surface area contributed by atoms with Crippen LogP contribution in [0.5, 0.6) is 11.5 Å². The van der Waals surface area contributed by atoms with Gasteiger partial charge < -0.3 is 9.47 Å². The predicted octanol–water partition coefficient (Wildman–Crippen LogP) is 2.26. The van der Waals surface area contributed by atoms with Crippen LogP contribution in [0, 0.1) is 0 Å². The van der Waals surface area contributed by atoms with Gasteiger partial charge in [0.2, 0.25) is 10.0 Å². The van der Waals surface area contributed by atoms with Crippen LogP contribution in [-0.4, -0.2) is 63.8 Å². The van der Waals surface area contributed by atoms with E-state index in [1.165, 1.54) is 0 Å². The van der Waals surface area contributed by atoms with Crippen molar-refractivity contribution in [3.8, 4) is 11.5 Å². The minimum atomic E-state index is -3.20. The summed E-state index contributed by atoms with van der Waals surface area (Å²) in [5, 5.41) is -0.193. The second-order valence-electron chi connectivity index (χ2n) is 6.92. The second kappa shape index (κ2) is 7.51. The van der Waals surface area contributed by atoms with E-state index in [0.29, 0.717) is 24.6 Å². The molecule has 3 rings (SSSR count). The number of sulfonamides is 1. The Hall–Kier alpha value is -1.31. The van der Waals surface area contributed by atoms with E-state index in [2.05, 4.69) is 4.90 Å². The van der Waals surface area contributed by atoms with Crippen LogP contribution >= 0.6 is 0 Å². The first-order valence-electron chi connectivity index (χ1n) is 8.88. The highest BCUT2D eigenvalue weighted by molar-refractivity contribution is 7.89. The zero-order chi connectivity index (χ0) is 18.0. The fourth-order valence-corrected chi connectivity index (χ4v) is 5.93. The molecule has 140 valence electrons. The Bertz CT molecular complexity index is 701. The number of nitrogens with zero attached hydrogens (tertiary/aromatic N) is 2. The molecule has 1 unspecified atom stereocenters. The molecule has 1 saturated carbocycles. The molecule has 6 nitrogen and oxygen atoms in total. The Balaban J connectivity index is 1.83. The van der Waals surface area contributed by atoms with Gasteiger partial charge in [0.05, 0.1) is 19.5 Å². The van der Waals surface area contributed by atoms with E-state index < -0.39 is 10.0 Å². The van der Waals surface area contributed by atoms with Crippen molar-refractivity contribution < 1.29 is 17.9 Å². The molecule has 1 atom stereocenters. The van der Waals surface area contributed by atoms with Crippen LogP contribution in [0.3, 0.4) is 0 Å². The highest BCUT2D eigenvalue weighted by Crippen LogP contribution is 2.35. The Labute approximate surface area is 150 Å². The summed E-state index contributed by atoms with van der Waals surface area (Å²) < 4.78 is 38.3. The van der Waals surface area contributed by atoms with Gasteiger partial charge >= 0.3 is 0 Å². The molecule has 0 N–H and O–H groups in total. The number of hydrogen-bond donors (Lipinski definition) is 0. The summed E-state index contributed by atoms with van der Waals surface area (Å²) in [7, 11) is 2.06. The molecule has 1 aliphatic heterocycles. The number of likely N-dealkylation sites (N-methyl/N-ethyl adjacent to an activating group) is 1. The summed E-state index contributed by atoms with van der Waals surface area (Å²) in [4.78, 5) is 2.21. The van der Waals surface area contributed by atoms with Gasteiger partial charge in [0.1, 0.15) is 0 Å². The molecule has 25 heavy (non-hydrogen) atoms. The van der Waals surface area contributed by atoms with Gasteiger partial charge in [0.25, 0.3) is 0 Å². The van der Waals surface area contributed by atoms with Crippen molar-refractivity contribution in [2.24, 2.45) is 0 Å². The van der Waals surface area contributed by atoms with Gasteiger partial charge in [-0.15, -0.1) is 0 Å². The zero-order valence-corrected chi connectivity index (χ0v) is 16.1. The van der Waals surface area contributed by atoms with Crippen molar-refractivity contribution in [3.63, 3.8) is 0 Å². The molecule has 0 bridgehead atoms. The second-order valence-corrected chi connectivity index (χ2v) is 9.13. The van der Waals surface area contributed by atoms with E-state index >= 15 is 0 Å². The molecule has 1 saturated heterocycles. The summed E-state index contributed by atoms with van der Waals surface area (Å²) in [6.45, 7) is 1.79. The maximum absolute atomic E-state index is 13.0. The minimum absolute atomic E-state index is 0.0183. The topological polar surface area (TPSA) is 59.1 Å². The lowest BCUT2D eigenvalue weighted by Gasteiger charge is -2.40. The van der Waals surface area contributed by atoms with Gasteiger partial charge in [-0.2, -0.15) is 4.31 Å². The van der Waals surface area contributed by atoms with Crippen LogP contribution in [0.25, 0.3) is 0 Å². The van der Waals surface area contributed by atoms with Crippen molar-refractivity contribution >= 4 is 10.0 Å². The number of benzene rings is 1. The van der Waals surface area contributed by atoms with Crippen LogP contribution in [-0.2, 0) is 10.0 Å². The van der Waals surface area contributed by atoms with E-state index in [-0.39, 0.29) is 11.3 Å². The zero-order valence-electron chi connectivity index (χ0n) is 15.3. The molecule has 7 heteroatoms. The summed E-state index contributed by atoms with van der Waals surface area (Å²) >= 11 is 0. The number of piperazine rings is 1. The van der Waals surface area contributed by atoms with Crippen molar-refractivity contribution in [1.29, 1.82) is 0 Å². The van der Waals surface area contributed by atoms with Gasteiger partial charge in [-0.1, -0.05) is 18.9 Å². The van der Waals surface area contributed by atoms with E-state index in [4.69, 9.17) is 9.47 Å². The first kappa shape index (κ1) is 18.5. The minimum Gasteiger partial charge on any atom is -0.493 e. The third-order valence-electron chi connectivity index (χ3n) is 5.49. The Morgan fingerprint density at radius 2 is 1.72 bits per heavy atom. The molecular formula is C18H28N2O4S. The van der Waals surface area contributed by atoms with Crippen molar-refractivity contribution in [2.75, 3.05) is 40.9 Å². The standard InChI is InChI=1S/C18H28N2O4S/c1-19-10-11-20(25(21,22)15-6-4-5-7-15)13-16(19)14-8-9-17(23-2)18(12-14)24-3/h8-9,12,15-16H,4-7,10-11,13H2,1-3H3. The van der Waals surface area contributed by atoms with Crippen LogP contribution in [0.15, 0.2) is 18.2 Å². The first-order chi connectivity index (χ1) is 12.0. The normalized spacial score (nSPS) is 23.7. The molecule has 1 heterocycles. The lowest BCUT2D eigenvalue weighted by Crippen LogP contribution is -2.51. The van der Waals surface area contributed by atoms with Crippen LogP contribution in [0.2, 0.25) is 0 Å². The number of ether oxygens (including phenoxy) is 2. The largest absolute Gasteiger partial charge is 0.493 e. The van der Waals surface area contributed by atoms with Gasteiger partial charge in [-0.25, -0.2) is 8.42 Å². The third kappa shape index (κ3) is 3.64. The van der Waals surface area contributed by atoms with E-state index in [1.807, 2.05) is 25.2 Å². The van der Waals surface area contributed by atoms with Gasteiger partial charge in [0, 0.05) is 25.7 Å². The molecule has 0 radical (unpaired) electrons. The molecule has 0 aromatic heterocycles. The Morgan fingerprint density at radius 3 is 2.36 bits per heavy atom. The molecule has 0 spiro atoms. The van der Waals surface area contributed by atoms with Crippen LogP contribution in [0.4, 0.5) is 0 Å². The lowest BCUT2D eigenvalue weighted by atomic mass is 10.0. The predicted molar refractivity (Wildman–Crippen MR) is 97.7 cm³/mol. The van der Waals surface area contributed by atoms with Crippen molar-refractivity contribution in [2.45, 2.75) is 37.0 Å². The fourth-order valence-electron chi connectivity index (χ4n) is 3.90. The molecule has 0 amide bonds. The number of methoxy groups -OCH3 is 2. The van der Waals surface area contributed by atoms with Crippen LogP contribution < -0.4 is 9.47 Å². The summed E-state index contributed by atoms with van der Waals surface area (Å²) in [5.41, 5.74) is 1.05. The summed E-state index contributed by atoms with van der Waals surface area (Å²) in [6, 6.07) is 5.84. The molecule has 2 aliphatic rings. The fraction of sp³-hybridized carbons (Fsp3) is 0.667. The highest BCUT2D eigenvalue weighted by Gasteiger charge is 2.38. The molecular weight excluding hydrogens is 340 g/mol. The van der Waals surface area contributed by atoms with Gasteiger partial charge in [0.15, 0.2) is 11.5 Å². The Morgan fingerprint density at radius 1 is 1.04 bits per heavy atom. The van der Waals surface area contributed by atoms with Crippen molar-refractivity contribution in [3.05, 3.63) is 23.8 Å². The van der Waals surface area contributed by atoms with E-state index in [0.717, 1.165) is 37.8 Å². The quantitative estimate of drug-likeness (QED) is 0.798. The van der Waals surface area contributed by atoms with Crippen molar-refractivity contribution in [1.82, 2.24) is 9.21 Å². The average molecular weight is 368 g/mol. The van der Waals surface area contributed by atoms with E-state index in [9.17, 15) is 8.42 Å². The lowest BCUT2D eigenvalue weighted by molar-refractivity contribution is 0.147. The number of rotatable bonds is 5. The average Bonchev–Trinajstić information content (AvgIpc) is 3.17. The maximum Gasteiger partial charge on any atom is 0.217 e. The molecule has 1 aromatic carbocycles. The summed E-state index contributed by atoms with van der Waals surface area (Å²) in [6.07, 6.45) is 3.65.